The molecule has 2 aliphatic rings. The maximum atomic E-state index is 12.0. The molecule has 0 saturated carbocycles. The lowest BCUT2D eigenvalue weighted by Gasteiger charge is -2.26. The average Bonchev–Trinajstić information content (AvgIpc) is 2.63. The van der Waals surface area contributed by atoms with Crippen LogP contribution in [0, 0.1) is 0 Å². The lowest BCUT2D eigenvalue weighted by Crippen LogP contribution is -2.35. The fourth-order valence-electron chi connectivity index (χ4n) is 3.44. The molecule has 3 heterocycles. The van der Waals surface area contributed by atoms with Gasteiger partial charge in [-0.3, -0.25) is 9.69 Å². The summed E-state index contributed by atoms with van der Waals surface area (Å²) in [6.07, 6.45) is 1.79. The molecule has 126 valence electrons. The summed E-state index contributed by atoms with van der Waals surface area (Å²) in [6, 6.07) is 8.43. The largest absolute Gasteiger partial charge is 0.383 e. The molecule has 2 aromatic rings. The second-order valence-electron chi connectivity index (χ2n) is 6.37. The molecule has 0 unspecified atom stereocenters. The van der Waals surface area contributed by atoms with Crippen LogP contribution in [-0.4, -0.2) is 47.9 Å². The third-order valence-corrected chi connectivity index (χ3v) is 4.70. The van der Waals surface area contributed by atoms with Crippen molar-refractivity contribution in [2.24, 2.45) is 0 Å². The van der Waals surface area contributed by atoms with E-state index in [4.69, 9.17) is 4.74 Å². The number of anilines is 1. The first-order valence-electron chi connectivity index (χ1n) is 8.56. The van der Waals surface area contributed by atoms with Crippen molar-refractivity contribution in [1.29, 1.82) is 0 Å². The van der Waals surface area contributed by atoms with E-state index in [9.17, 15) is 4.79 Å². The fraction of sp³-hybridized carbons (Fsp3) is 0.444. The number of aromatic nitrogens is 2. The fourth-order valence-corrected chi connectivity index (χ4v) is 3.44. The monoisotopic (exact) mass is 326 g/mol. The van der Waals surface area contributed by atoms with Gasteiger partial charge in [0.25, 0.3) is 5.56 Å². The Labute approximate surface area is 140 Å². The molecular weight excluding hydrogens is 304 g/mol. The van der Waals surface area contributed by atoms with E-state index in [2.05, 4.69) is 44.7 Å². The van der Waals surface area contributed by atoms with Crippen molar-refractivity contribution >= 4 is 5.69 Å². The Morgan fingerprint density at radius 3 is 3.00 bits per heavy atom. The summed E-state index contributed by atoms with van der Waals surface area (Å²) in [6.45, 7) is 5.35. The molecule has 1 saturated heterocycles. The summed E-state index contributed by atoms with van der Waals surface area (Å²) < 4.78 is 5.41. The summed E-state index contributed by atoms with van der Waals surface area (Å²) in [5.41, 5.74) is 4.78. The van der Waals surface area contributed by atoms with Crippen molar-refractivity contribution in [3.63, 3.8) is 0 Å². The van der Waals surface area contributed by atoms with E-state index in [0.717, 1.165) is 74.7 Å². The highest BCUT2D eigenvalue weighted by Crippen LogP contribution is 2.30. The zero-order chi connectivity index (χ0) is 16.4. The minimum Gasteiger partial charge on any atom is -0.383 e. The molecule has 6 nitrogen and oxygen atoms in total. The van der Waals surface area contributed by atoms with Crippen molar-refractivity contribution in [2.45, 2.75) is 19.4 Å². The van der Waals surface area contributed by atoms with E-state index in [1.807, 2.05) is 0 Å². The molecule has 1 aromatic heterocycles. The van der Waals surface area contributed by atoms with Gasteiger partial charge < -0.3 is 10.1 Å². The number of aromatic amines is 1. The highest BCUT2D eigenvalue weighted by molar-refractivity contribution is 5.77. The van der Waals surface area contributed by atoms with Crippen molar-refractivity contribution in [2.75, 3.05) is 38.2 Å². The van der Waals surface area contributed by atoms with Gasteiger partial charge in [-0.15, -0.1) is 0 Å². The first-order valence-corrected chi connectivity index (χ1v) is 8.56. The van der Waals surface area contributed by atoms with Crippen LogP contribution in [0.15, 0.2) is 29.1 Å². The molecule has 0 radical (unpaired) electrons. The Balaban J connectivity index is 1.65. The van der Waals surface area contributed by atoms with Crippen LogP contribution >= 0.6 is 0 Å². The summed E-state index contributed by atoms with van der Waals surface area (Å²) in [4.78, 5) is 14.4. The number of nitrogens with one attached hydrogen (secondary N) is 2. The highest BCUT2D eigenvalue weighted by Gasteiger charge is 2.19. The topological polar surface area (TPSA) is 70.2 Å². The molecule has 1 fully saturated rings. The van der Waals surface area contributed by atoms with Crippen LogP contribution in [0.5, 0.6) is 0 Å². The van der Waals surface area contributed by atoms with Gasteiger partial charge in [0.2, 0.25) is 0 Å². The maximum absolute atomic E-state index is 12.0. The number of hydrogen-bond acceptors (Lipinski definition) is 5. The van der Waals surface area contributed by atoms with Crippen LogP contribution in [0.4, 0.5) is 5.69 Å². The zero-order valence-electron chi connectivity index (χ0n) is 13.7. The molecule has 0 atom stereocenters. The van der Waals surface area contributed by atoms with Crippen molar-refractivity contribution in [3.05, 3.63) is 45.7 Å². The van der Waals surface area contributed by atoms with Gasteiger partial charge in [0.15, 0.2) is 0 Å². The number of benzene rings is 1. The molecule has 0 aliphatic carbocycles. The lowest BCUT2D eigenvalue weighted by molar-refractivity contribution is 0.0342. The van der Waals surface area contributed by atoms with Gasteiger partial charge in [-0.25, -0.2) is 5.10 Å². The Hall–Kier alpha value is -2.18. The molecule has 2 N–H and O–H groups in total. The Kier molecular flexibility index (Phi) is 4.32. The number of morpholine rings is 1. The van der Waals surface area contributed by atoms with Crippen LogP contribution in [0.25, 0.3) is 11.3 Å². The summed E-state index contributed by atoms with van der Waals surface area (Å²) in [7, 11) is 0. The molecule has 2 aliphatic heterocycles. The van der Waals surface area contributed by atoms with Crippen LogP contribution in [0.1, 0.15) is 17.5 Å². The third-order valence-electron chi connectivity index (χ3n) is 4.70. The summed E-state index contributed by atoms with van der Waals surface area (Å²) in [5, 5.41) is 10.3. The Bertz CT molecular complexity index is 781. The number of H-pyrrole nitrogens is 1. The van der Waals surface area contributed by atoms with Crippen molar-refractivity contribution in [3.8, 4) is 11.3 Å². The molecule has 4 rings (SSSR count). The first-order chi connectivity index (χ1) is 11.8. The van der Waals surface area contributed by atoms with Crippen LogP contribution in [0.3, 0.4) is 0 Å². The predicted molar refractivity (Wildman–Crippen MR) is 93.2 cm³/mol. The third kappa shape index (κ3) is 3.07. The van der Waals surface area contributed by atoms with Crippen LogP contribution < -0.4 is 10.9 Å². The van der Waals surface area contributed by atoms with Crippen molar-refractivity contribution < 1.29 is 4.74 Å². The maximum Gasteiger partial charge on any atom is 0.269 e. The normalized spacial score (nSPS) is 18.0. The number of ether oxygens (including phenoxy) is 1. The van der Waals surface area contributed by atoms with Gasteiger partial charge in [-0.2, -0.15) is 5.10 Å². The summed E-state index contributed by atoms with van der Waals surface area (Å²) in [5.74, 6) is 0. The van der Waals surface area contributed by atoms with E-state index < -0.39 is 0 Å². The van der Waals surface area contributed by atoms with E-state index in [1.165, 1.54) is 5.56 Å². The summed E-state index contributed by atoms with van der Waals surface area (Å²) >= 11 is 0. The molecule has 6 heteroatoms. The van der Waals surface area contributed by atoms with Gasteiger partial charge in [0.05, 0.1) is 18.9 Å². The van der Waals surface area contributed by atoms with Crippen LogP contribution in [0.2, 0.25) is 0 Å². The first kappa shape index (κ1) is 15.4. The average molecular weight is 326 g/mol. The standard InChI is InChI=1S/C18H22N4O2/c23-18-15-5-2-6-19-17(15)16(20-21-18)14-4-1-3-13(11-14)12-22-7-9-24-10-8-22/h1,3-4,11,19H,2,5-10,12H2,(H,21,23). The second-order valence-corrected chi connectivity index (χ2v) is 6.37. The van der Waals surface area contributed by atoms with E-state index in [-0.39, 0.29) is 5.56 Å². The molecule has 1 aromatic carbocycles. The predicted octanol–water partition coefficient (Wildman–Crippen LogP) is 1.63. The zero-order valence-corrected chi connectivity index (χ0v) is 13.7. The molecule has 0 spiro atoms. The van der Waals surface area contributed by atoms with Crippen molar-refractivity contribution in [1.82, 2.24) is 15.1 Å². The lowest BCUT2D eigenvalue weighted by atomic mass is 10.00. The van der Waals surface area contributed by atoms with Crippen LogP contribution in [-0.2, 0) is 17.7 Å². The quantitative estimate of drug-likeness (QED) is 0.897. The number of fused-ring (bicyclic) bond motifs is 1. The molecular formula is C18H22N4O2. The van der Waals surface area contributed by atoms with E-state index in [0.29, 0.717) is 0 Å². The van der Waals surface area contributed by atoms with E-state index >= 15 is 0 Å². The number of nitrogens with zero attached hydrogens (tertiary/aromatic N) is 2. The smallest absolute Gasteiger partial charge is 0.269 e. The second kappa shape index (κ2) is 6.75. The Morgan fingerprint density at radius 2 is 2.12 bits per heavy atom. The van der Waals surface area contributed by atoms with Gasteiger partial charge >= 0.3 is 0 Å². The highest BCUT2D eigenvalue weighted by atomic mass is 16.5. The Morgan fingerprint density at radius 1 is 1.25 bits per heavy atom. The minimum absolute atomic E-state index is 0.0783. The number of rotatable bonds is 3. The molecule has 0 bridgehead atoms. The van der Waals surface area contributed by atoms with Gasteiger partial charge in [0.1, 0.15) is 5.69 Å². The number of hydrogen-bond donors (Lipinski definition) is 2. The van der Waals surface area contributed by atoms with Gasteiger partial charge in [0, 0.05) is 37.3 Å². The molecule has 24 heavy (non-hydrogen) atoms. The molecule has 0 amide bonds. The van der Waals surface area contributed by atoms with E-state index in [1.54, 1.807) is 0 Å². The van der Waals surface area contributed by atoms with Gasteiger partial charge in [-0.05, 0) is 24.5 Å². The minimum atomic E-state index is -0.0783. The van der Waals surface area contributed by atoms with Gasteiger partial charge in [-0.1, -0.05) is 18.2 Å². The SMILES string of the molecule is O=c1[nH]nc(-c2cccc(CN3CCOCC3)c2)c2c1CCCN2.